The zero-order valence-electron chi connectivity index (χ0n) is 20.0. The molecule has 0 saturated carbocycles. The molecule has 0 aromatic heterocycles. The summed E-state index contributed by atoms with van der Waals surface area (Å²) in [6.07, 6.45) is 1.12. The van der Waals surface area contributed by atoms with Gasteiger partial charge in [0.15, 0.2) is 0 Å². The maximum absolute atomic E-state index is 13.7. The van der Waals surface area contributed by atoms with Crippen molar-refractivity contribution in [3.63, 3.8) is 0 Å². The molecule has 176 valence electrons. The quantitative estimate of drug-likeness (QED) is 0.524. The summed E-state index contributed by atoms with van der Waals surface area (Å²) in [4.78, 5) is 43.1. The number of carbonyl (C=O) groups excluding carboxylic acids is 3. The normalized spacial score (nSPS) is 13.4. The second kappa shape index (κ2) is 10.1. The minimum atomic E-state index is -0.602. The van der Waals surface area contributed by atoms with Gasteiger partial charge in [-0.15, -0.1) is 0 Å². The van der Waals surface area contributed by atoms with Crippen LogP contribution in [0.2, 0.25) is 0 Å². The van der Waals surface area contributed by atoms with Gasteiger partial charge in [-0.1, -0.05) is 61.5 Å². The average Bonchev–Trinajstić information content (AvgIpc) is 3.09. The molecule has 6 nitrogen and oxygen atoms in total. The van der Waals surface area contributed by atoms with E-state index < -0.39 is 6.04 Å². The van der Waals surface area contributed by atoms with Crippen LogP contribution in [0.4, 0.5) is 5.69 Å². The predicted octanol–water partition coefficient (Wildman–Crippen LogP) is 4.17. The number of nitrogens with one attached hydrogen (secondary N) is 1. The molecule has 1 heterocycles. The highest BCUT2D eigenvalue weighted by atomic mass is 16.2. The van der Waals surface area contributed by atoms with Crippen LogP contribution >= 0.6 is 0 Å². The van der Waals surface area contributed by atoms with E-state index in [2.05, 4.69) is 5.32 Å². The Hall–Kier alpha value is -3.67. The van der Waals surface area contributed by atoms with Crippen LogP contribution < -0.4 is 10.2 Å². The summed E-state index contributed by atoms with van der Waals surface area (Å²) < 4.78 is 0. The van der Waals surface area contributed by atoms with Gasteiger partial charge in [-0.05, 0) is 49.8 Å². The van der Waals surface area contributed by atoms with Crippen LogP contribution in [0.5, 0.6) is 0 Å². The van der Waals surface area contributed by atoms with Gasteiger partial charge >= 0.3 is 0 Å². The van der Waals surface area contributed by atoms with Gasteiger partial charge in [0, 0.05) is 23.5 Å². The van der Waals surface area contributed by atoms with Crippen LogP contribution in [0.3, 0.4) is 0 Å². The Morgan fingerprint density at radius 2 is 1.68 bits per heavy atom. The van der Waals surface area contributed by atoms with Crippen molar-refractivity contribution in [1.82, 2.24) is 10.2 Å². The number of carbonyl (C=O) groups is 3. The maximum Gasteiger partial charge on any atom is 0.259 e. The van der Waals surface area contributed by atoms with Crippen LogP contribution in [0.25, 0.3) is 10.8 Å². The Balaban J connectivity index is 1.60. The number of hydrogen-bond acceptors (Lipinski definition) is 3. The van der Waals surface area contributed by atoms with Crippen molar-refractivity contribution in [1.29, 1.82) is 0 Å². The summed E-state index contributed by atoms with van der Waals surface area (Å²) in [7, 11) is 0. The lowest BCUT2D eigenvalue weighted by Gasteiger charge is -2.32. The molecule has 0 radical (unpaired) electrons. The molecule has 4 rings (SSSR count). The first kappa shape index (κ1) is 23.5. The van der Waals surface area contributed by atoms with Crippen LogP contribution in [0.15, 0.2) is 66.7 Å². The summed E-state index contributed by atoms with van der Waals surface area (Å²) in [6.45, 7) is 6.01. The third-order valence-corrected chi connectivity index (χ3v) is 6.24. The maximum atomic E-state index is 13.7. The molecule has 6 heteroatoms. The molecular formula is C28H31N3O3. The highest BCUT2D eigenvalue weighted by Gasteiger charge is 2.35. The lowest BCUT2D eigenvalue weighted by atomic mass is 10.1. The van der Waals surface area contributed by atoms with Gasteiger partial charge in [-0.3, -0.25) is 19.3 Å². The fraction of sp³-hybridized carbons (Fsp3) is 0.321. The molecule has 1 atom stereocenters. The number of amides is 3. The van der Waals surface area contributed by atoms with E-state index in [1.165, 1.54) is 0 Å². The van der Waals surface area contributed by atoms with Crippen LogP contribution in [-0.2, 0) is 16.0 Å². The minimum absolute atomic E-state index is 0.0279. The molecule has 1 aliphatic rings. The number of hydrogen-bond donors (Lipinski definition) is 1. The lowest BCUT2D eigenvalue weighted by Crippen LogP contribution is -2.53. The smallest absolute Gasteiger partial charge is 0.259 e. The lowest BCUT2D eigenvalue weighted by molar-refractivity contribution is -0.139. The summed E-state index contributed by atoms with van der Waals surface area (Å²) in [5, 5.41) is 4.80. The third kappa shape index (κ3) is 4.67. The molecule has 0 unspecified atom stereocenters. The Morgan fingerprint density at radius 3 is 2.35 bits per heavy atom. The van der Waals surface area contributed by atoms with Gasteiger partial charge in [0.2, 0.25) is 11.8 Å². The predicted molar refractivity (Wildman–Crippen MR) is 135 cm³/mol. The topological polar surface area (TPSA) is 69.7 Å². The Bertz CT molecular complexity index is 1200. The van der Waals surface area contributed by atoms with Crippen LogP contribution in [-0.4, -0.2) is 47.8 Å². The summed E-state index contributed by atoms with van der Waals surface area (Å²) in [5.74, 6) is -0.584. The fourth-order valence-corrected chi connectivity index (χ4v) is 4.64. The fourth-order valence-electron chi connectivity index (χ4n) is 4.64. The van der Waals surface area contributed by atoms with Gasteiger partial charge in [0.1, 0.15) is 12.6 Å². The first-order valence-corrected chi connectivity index (χ1v) is 11.9. The zero-order valence-corrected chi connectivity index (χ0v) is 20.0. The first-order valence-electron chi connectivity index (χ1n) is 11.9. The van der Waals surface area contributed by atoms with E-state index in [4.69, 9.17) is 0 Å². The number of benzene rings is 3. The van der Waals surface area contributed by atoms with Crippen molar-refractivity contribution >= 4 is 34.2 Å². The van der Waals surface area contributed by atoms with E-state index in [0.29, 0.717) is 24.9 Å². The summed E-state index contributed by atoms with van der Waals surface area (Å²) in [5.41, 5.74) is 2.45. The molecule has 3 aromatic carbocycles. The second-order valence-corrected chi connectivity index (χ2v) is 8.98. The van der Waals surface area contributed by atoms with E-state index in [0.717, 1.165) is 22.0 Å². The first-order chi connectivity index (χ1) is 16.4. The van der Waals surface area contributed by atoms with Gasteiger partial charge in [0.25, 0.3) is 5.91 Å². The number of nitrogens with zero attached hydrogens (tertiary/aromatic N) is 2. The van der Waals surface area contributed by atoms with Gasteiger partial charge in [-0.2, -0.15) is 0 Å². The minimum Gasteiger partial charge on any atom is -0.352 e. The average molecular weight is 458 g/mol. The molecular weight excluding hydrogens is 426 g/mol. The van der Waals surface area contributed by atoms with Crippen LogP contribution in [0, 0.1) is 0 Å². The highest BCUT2D eigenvalue weighted by Crippen LogP contribution is 2.37. The molecule has 3 aromatic rings. The monoisotopic (exact) mass is 457 g/mol. The molecule has 3 amide bonds. The Morgan fingerprint density at radius 1 is 0.971 bits per heavy atom. The molecule has 0 saturated heterocycles. The van der Waals surface area contributed by atoms with Crippen molar-refractivity contribution in [3.8, 4) is 0 Å². The van der Waals surface area contributed by atoms with Gasteiger partial charge in [-0.25, -0.2) is 0 Å². The van der Waals surface area contributed by atoms with Crippen LogP contribution in [0.1, 0.15) is 43.1 Å². The van der Waals surface area contributed by atoms with Gasteiger partial charge in [0.05, 0.1) is 5.69 Å². The van der Waals surface area contributed by atoms with E-state index >= 15 is 0 Å². The Labute approximate surface area is 200 Å². The van der Waals surface area contributed by atoms with Crippen molar-refractivity contribution in [2.24, 2.45) is 0 Å². The Kier molecular flexibility index (Phi) is 6.96. The highest BCUT2D eigenvalue weighted by molar-refractivity contribution is 6.26. The molecule has 0 aliphatic carbocycles. The number of rotatable bonds is 9. The van der Waals surface area contributed by atoms with E-state index in [9.17, 15) is 14.4 Å². The second-order valence-electron chi connectivity index (χ2n) is 8.98. The molecule has 1 N–H and O–H groups in total. The van der Waals surface area contributed by atoms with E-state index in [-0.39, 0.29) is 30.3 Å². The molecule has 0 fully saturated rings. The molecule has 0 spiro atoms. The van der Waals surface area contributed by atoms with Crippen molar-refractivity contribution in [2.45, 2.75) is 45.7 Å². The van der Waals surface area contributed by atoms with E-state index in [1.54, 1.807) is 15.9 Å². The summed E-state index contributed by atoms with van der Waals surface area (Å²) >= 11 is 0. The SMILES string of the molecule is CC[C@H](C(=O)NC(C)C)N(CCc1ccccc1)C(=O)CN1C(=O)c2cccc3cccc1c23. The summed E-state index contributed by atoms with van der Waals surface area (Å²) in [6, 6.07) is 20.7. The molecule has 34 heavy (non-hydrogen) atoms. The standard InChI is InChI=1S/C28H31N3O3/c1-4-23(27(33)29-19(2)3)30(17-16-20-10-6-5-7-11-20)25(32)18-31-24-15-9-13-21-12-8-14-22(26(21)24)28(31)34/h5-15,19,23H,4,16-18H2,1-3H3,(H,29,33)/t23-/m1/s1. The zero-order chi connectivity index (χ0) is 24.2. The van der Waals surface area contributed by atoms with Crippen molar-refractivity contribution in [2.75, 3.05) is 18.0 Å². The van der Waals surface area contributed by atoms with Gasteiger partial charge < -0.3 is 10.2 Å². The molecule has 1 aliphatic heterocycles. The largest absolute Gasteiger partial charge is 0.352 e. The third-order valence-electron chi connectivity index (χ3n) is 6.24. The number of anilines is 1. The van der Waals surface area contributed by atoms with Crippen molar-refractivity contribution in [3.05, 3.63) is 77.9 Å². The molecule has 0 bridgehead atoms. The van der Waals surface area contributed by atoms with Crippen molar-refractivity contribution < 1.29 is 14.4 Å². The van der Waals surface area contributed by atoms with E-state index in [1.807, 2.05) is 81.4 Å².